The average molecular weight is 1180 g/mol. The fourth-order valence-electron chi connectivity index (χ4n) is 5.31. The van der Waals surface area contributed by atoms with Crippen molar-refractivity contribution < 1.29 is 20.2 Å². The van der Waals surface area contributed by atoms with Crippen molar-refractivity contribution in [3.63, 3.8) is 0 Å². The summed E-state index contributed by atoms with van der Waals surface area (Å²) in [6.45, 7) is 5.83. The summed E-state index contributed by atoms with van der Waals surface area (Å²) in [5, 5.41) is 49.3. The first kappa shape index (κ1) is 45.7. The quantitative estimate of drug-likeness (QED) is 0.0453. The molecule has 0 saturated heterocycles. The van der Waals surface area contributed by atoms with Gasteiger partial charge in [0.1, 0.15) is 0 Å². The predicted molar refractivity (Wildman–Crippen MR) is 258 cm³/mol. The minimum Gasteiger partial charge on any atom is -0.392 e. The number of nitro groups is 1. The molecule has 0 atom stereocenters. The van der Waals surface area contributed by atoms with Gasteiger partial charge in [-0.05, 0) is 202 Å². The molecule has 6 aromatic rings. The Morgan fingerprint density at radius 3 is 1.30 bits per heavy atom. The number of aliphatic hydroxyl groups is 3. The number of rotatable bonds is 10. The van der Waals surface area contributed by atoms with Gasteiger partial charge in [-0.25, -0.2) is 0 Å². The number of non-ortho nitro benzene ring substituents is 1. The first-order valence-electron chi connectivity index (χ1n) is 17.0. The monoisotopic (exact) mass is 1170 g/mol. The SMILES string of the molecule is Cc1cc(I)ccc1Nc1ccc(Br)cc1CO.Cc1cc(I)ccc1Nc1ccc(Cl)cc1CO.Cc1cc(I)ccc1Nc1ccc([N+](=O)[O-])cc1CO. The molecule has 6 aromatic carbocycles. The largest absolute Gasteiger partial charge is 0.392 e. The van der Waals surface area contributed by atoms with Gasteiger partial charge in [0.2, 0.25) is 0 Å². The summed E-state index contributed by atoms with van der Waals surface area (Å²) in [5.74, 6) is 0. The maximum Gasteiger partial charge on any atom is 0.269 e. The van der Waals surface area contributed by atoms with E-state index in [0.717, 1.165) is 53.2 Å². The highest BCUT2D eigenvalue weighted by molar-refractivity contribution is 14.1. The molecule has 0 heterocycles. The van der Waals surface area contributed by atoms with Crippen LogP contribution in [0.1, 0.15) is 33.4 Å². The molecule has 0 aliphatic heterocycles. The zero-order valence-electron chi connectivity index (χ0n) is 30.5. The molecule has 9 nitrogen and oxygen atoms in total. The van der Waals surface area contributed by atoms with Crippen molar-refractivity contribution in [3.8, 4) is 0 Å². The number of nitrogens with zero attached hydrogens (tertiary/aromatic N) is 1. The number of aliphatic hydroxyl groups excluding tert-OH is 3. The van der Waals surface area contributed by atoms with Gasteiger partial charge in [-0.3, -0.25) is 10.1 Å². The Kier molecular flexibility index (Phi) is 18.1. The lowest BCUT2D eigenvalue weighted by Gasteiger charge is -2.13. The summed E-state index contributed by atoms with van der Waals surface area (Å²) in [6.07, 6.45) is 0. The van der Waals surface area contributed by atoms with Crippen molar-refractivity contribution in [2.45, 2.75) is 40.6 Å². The molecule has 0 aliphatic carbocycles. The molecule has 0 radical (unpaired) electrons. The smallest absolute Gasteiger partial charge is 0.269 e. The molecule has 56 heavy (non-hydrogen) atoms. The molecule has 0 bridgehead atoms. The average Bonchev–Trinajstić information content (AvgIpc) is 3.16. The van der Waals surface area contributed by atoms with E-state index in [1.54, 1.807) is 12.1 Å². The topological polar surface area (TPSA) is 140 Å². The second kappa shape index (κ2) is 22.2. The van der Waals surface area contributed by atoms with Crippen LogP contribution in [-0.4, -0.2) is 20.2 Å². The van der Waals surface area contributed by atoms with Crippen LogP contribution in [0.25, 0.3) is 0 Å². The van der Waals surface area contributed by atoms with E-state index in [-0.39, 0.29) is 25.5 Å². The Morgan fingerprint density at radius 1 is 0.554 bits per heavy atom. The van der Waals surface area contributed by atoms with Crippen LogP contribution in [0.3, 0.4) is 0 Å². The molecule has 0 unspecified atom stereocenters. The van der Waals surface area contributed by atoms with E-state index < -0.39 is 4.92 Å². The summed E-state index contributed by atoms with van der Waals surface area (Å²) in [7, 11) is 0. The van der Waals surface area contributed by atoms with Gasteiger partial charge in [0.05, 0.1) is 24.7 Å². The molecule has 0 fully saturated rings. The van der Waals surface area contributed by atoms with E-state index in [1.807, 2.05) is 67.6 Å². The molecule has 0 aliphatic rings. The number of hydrogen-bond donors (Lipinski definition) is 6. The zero-order chi connectivity index (χ0) is 40.9. The Morgan fingerprint density at radius 2 is 0.911 bits per heavy atom. The van der Waals surface area contributed by atoms with Gasteiger partial charge in [-0.1, -0.05) is 27.5 Å². The van der Waals surface area contributed by atoms with Crippen LogP contribution in [0.15, 0.2) is 114 Å². The number of hydrogen-bond acceptors (Lipinski definition) is 8. The molecule has 14 heteroatoms. The molecular weight excluding hydrogens is 1140 g/mol. The summed E-state index contributed by atoms with van der Waals surface area (Å²) < 4.78 is 4.52. The van der Waals surface area contributed by atoms with Crippen molar-refractivity contribution in [1.82, 2.24) is 0 Å². The third-order valence-electron chi connectivity index (χ3n) is 8.32. The lowest BCUT2D eigenvalue weighted by molar-refractivity contribution is -0.384. The lowest BCUT2D eigenvalue weighted by Crippen LogP contribution is -1.99. The second-order valence-corrected chi connectivity index (χ2v) is 17.5. The lowest BCUT2D eigenvalue weighted by atomic mass is 10.1. The highest BCUT2D eigenvalue weighted by Gasteiger charge is 2.12. The van der Waals surface area contributed by atoms with Crippen LogP contribution in [0.5, 0.6) is 0 Å². The van der Waals surface area contributed by atoms with Gasteiger partial charge in [-0.2, -0.15) is 0 Å². The minimum atomic E-state index is -0.473. The fourth-order valence-corrected chi connectivity index (χ4v) is 7.86. The first-order chi connectivity index (χ1) is 26.7. The number of anilines is 6. The number of halogens is 5. The number of nitro benzene ring substituents is 1. The van der Waals surface area contributed by atoms with Crippen LogP contribution in [0, 0.1) is 41.6 Å². The van der Waals surface area contributed by atoms with Gasteiger partial charge in [0.25, 0.3) is 5.69 Å². The van der Waals surface area contributed by atoms with E-state index >= 15 is 0 Å². The van der Waals surface area contributed by atoms with E-state index in [0.29, 0.717) is 16.3 Å². The highest BCUT2D eigenvalue weighted by Crippen LogP contribution is 2.30. The van der Waals surface area contributed by atoms with Gasteiger partial charge >= 0.3 is 0 Å². The Labute approximate surface area is 381 Å². The Hall–Kier alpha value is -3.04. The van der Waals surface area contributed by atoms with Gasteiger partial charge in [-0.15, -0.1) is 0 Å². The number of aryl methyl sites for hydroxylation is 3. The van der Waals surface area contributed by atoms with Crippen molar-refractivity contribution in [2.24, 2.45) is 0 Å². The second-order valence-electron chi connectivity index (χ2n) is 12.4. The van der Waals surface area contributed by atoms with Crippen molar-refractivity contribution in [2.75, 3.05) is 16.0 Å². The summed E-state index contributed by atoms with van der Waals surface area (Å²) >= 11 is 16.1. The maximum absolute atomic E-state index is 10.7. The number of nitrogens with one attached hydrogen (secondary N) is 3. The molecule has 0 saturated carbocycles. The van der Waals surface area contributed by atoms with E-state index in [4.69, 9.17) is 11.6 Å². The predicted octanol–water partition coefficient (Wildman–Crippen LogP) is 12.8. The van der Waals surface area contributed by atoms with E-state index in [9.17, 15) is 25.4 Å². The molecule has 292 valence electrons. The molecule has 6 N–H and O–H groups in total. The van der Waals surface area contributed by atoms with Gasteiger partial charge in [0, 0.05) is 83.2 Å². The van der Waals surface area contributed by atoms with Crippen molar-refractivity contribution in [3.05, 3.63) is 173 Å². The summed E-state index contributed by atoms with van der Waals surface area (Å²) in [5.41, 5.74) is 11.1. The molecular formula is C42H39BrClI3N4O5. The third kappa shape index (κ3) is 13.5. The Bertz CT molecular complexity index is 2210. The van der Waals surface area contributed by atoms with E-state index in [1.165, 1.54) is 30.4 Å². The van der Waals surface area contributed by atoms with Crippen LogP contribution in [0.2, 0.25) is 5.02 Å². The van der Waals surface area contributed by atoms with Gasteiger partial charge in [0.15, 0.2) is 0 Å². The van der Waals surface area contributed by atoms with Crippen LogP contribution in [0.4, 0.5) is 39.8 Å². The maximum atomic E-state index is 10.7. The molecule has 0 aromatic heterocycles. The first-order valence-corrected chi connectivity index (χ1v) is 21.4. The normalized spacial score (nSPS) is 10.4. The minimum absolute atomic E-state index is 0.0190. The summed E-state index contributed by atoms with van der Waals surface area (Å²) in [4.78, 5) is 10.3. The molecule has 6 rings (SSSR count). The zero-order valence-corrected chi connectivity index (χ0v) is 39.3. The molecule has 0 amide bonds. The van der Waals surface area contributed by atoms with Gasteiger partial charge < -0.3 is 31.3 Å². The van der Waals surface area contributed by atoms with Crippen molar-refractivity contribution in [1.29, 1.82) is 0 Å². The van der Waals surface area contributed by atoms with E-state index in [2.05, 4.69) is 138 Å². The third-order valence-corrected chi connectivity index (χ3v) is 11.1. The summed E-state index contributed by atoms with van der Waals surface area (Å²) in [6, 6.07) is 34.1. The molecule has 0 spiro atoms. The fraction of sp³-hybridized carbons (Fsp3) is 0.143. The highest BCUT2D eigenvalue weighted by atomic mass is 127. The van der Waals surface area contributed by atoms with Crippen LogP contribution >= 0.6 is 95.3 Å². The standard InChI is InChI=1S/C14H13BrINO.C14H13ClINO.C14H13IN2O3/c2*1-9-6-12(16)3-5-13(9)17-14-4-2-11(15)7-10(14)8-18;1-9-6-11(15)2-4-13(9)16-14-5-3-12(17(19)20)7-10(14)8-18/h2*2-7,17-18H,8H2,1H3;2-7,16,18H,8H2,1H3. The number of benzene rings is 6. The Balaban J connectivity index is 0.000000187. The van der Waals surface area contributed by atoms with Crippen molar-refractivity contribution >= 4 is 135 Å². The van der Waals surface area contributed by atoms with Crippen LogP contribution < -0.4 is 16.0 Å². The van der Waals surface area contributed by atoms with Crippen LogP contribution in [-0.2, 0) is 19.8 Å².